The lowest BCUT2D eigenvalue weighted by atomic mass is 9.92. The molecule has 1 fully saturated rings. The van der Waals surface area contributed by atoms with Crippen molar-refractivity contribution < 1.29 is 0 Å². The first-order chi connectivity index (χ1) is 11.8. The van der Waals surface area contributed by atoms with E-state index in [0.29, 0.717) is 18.0 Å². The number of fused-ring (bicyclic) bond motifs is 1. The number of para-hydroxylation sites is 1. The molecule has 6 heteroatoms. The number of pyridine rings is 1. The number of nitrogens with zero attached hydrogens (tertiary/aromatic N) is 3. The van der Waals surface area contributed by atoms with Gasteiger partial charge in [-0.05, 0) is 49.9 Å². The Morgan fingerprint density at radius 3 is 2.54 bits per heavy atom. The van der Waals surface area contributed by atoms with Crippen molar-refractivity contribution in [1.82, 2.24) is 14.6 Å². The van der Waals surface area contributed by atoms with Crippen LogP contribution in [0.15, 0.2) is 48.5 Å². The number of nitrogens with two attached hydrogens (primary N) is 1. The van der Waals surface area contributed by atoms with Gasteiger partial charge < -0.3 is 16.4 Å². The number of nitrogens with one attached hydrogen (secondary N) is 2. The third-order valence-corrected chi connectivity index (χ3v) is 4.51. The summed E-state index contributed by atoms with van der Waals surface area (Å²) in [5, 5.41) is 11.4. The van der Waals surface area contributed by atoms with Gasteiger partial charge in [-0.15, -0.1) is 5.10 Å². The summed E-state index contributed by atoms with van der Waals surface area (Å²) in [5.41, 5.74) is 7.79. The van der Waals surface area contributed by atoms with Crippen LogP contribution in [0.2, 0.25) is 0 Å². The summed E-state index contributed by atoms with van der Waals surface area (Å²) in [6.07, 6.45) is 4.35. The van der Waals surface area contributed by atoms with E-state index in [1.165, 1.54) is 0 Å². The maximum Gasteiger partial charge on any atom is 0.247 e. The average Bonchev–Trinajstić information content (AvgIpc) is 3.01. The average molecular weight is 322 g/mol. The number of hydrogen-bond donors (Lipinski definition) is 3. The molecule has 0 atom stereocenters. The van der Waals surface area contributed by atoms with Crippen LogP contribution in [0.25, 0.3) is 5.65 Å². The van der Waals surface area contributed by atoms with E-state index in [4.69, 9.17) is 5.73 Å². The molecule has 6 nitrogen and oxygen atoms in total. The van der Waals surface area contributed by atoms with Crippen LogP contribution in [0.3, 0.4) is 0 Å². The van der Waals surface area contributed by atoms with E-state index in [0.717, 1.165) is 42.8 Å². The number of aromatic nitrogens is 3. The highest BCUT2D eigenvalue weighted by molar-refractivity contribution is 5.57. The predicted molar refractivity (Wildman–Crippen MR) is 96.6 cm³/mol. The lowest BCUT2D eigenvalue weighted by molar-refractivity contribution is 0.410. The Kier molecular flexibility index (Phi) is 4.04. The minimum absolute atomic E-state index is 0.354. The van der Waals surface area contributed by atoms with Crippen molar-refractivity contribution in [3.8, 4) is 0 Å². The molecule has 1 saturated carbocycles. The van der Waals surface area contributed by atoms with Gasteiger partial charge in [-0.3, -0.25) is 0 Å². The Hall–Kier alpha value is -2.60. The molecule has 0 amide bonds. The van der Waals surface area contributed by atoms with Gasteiger partial charge in [-0.25, -0.2) is 0 Å². The molecule has 0 saturated heterocycles. The van der Waals surface area contributed by atoms with Crippen molar-refractivity contribution in [2.24, 2.45) is 5.73 Å². The quantitative estimate of drug-likeness (QED) is 0.687. The molecule has 0 unspecified atom stereocenters. The minimum atomic E-state index is 0.354. The largest absolute Gasteiger partial charge is 0.367 e. The first-order valence-electron chi connectivity index (χ1n) is 8.48. The van der Waals surface area contributed by atoms with Crippen molar-refractivity contribution in [1.29, 1.82) is 0 Å². The molecule has 1 aromatic carbocycles. The first kappa shape index (κ1) is 15.0. The van der Waals surface area contributed by atoms with Gasteiger partial charge in [0, 0.05) is 17.8 Å². The maximum absolute atomic E-state index is 5.99. The maximum atomic E-state index is 5.99. The lowest BCUT2D eigenvalue weighted by Gasteiger charge is -2.27. The van der Waals surface area contributed by atoms with E-state index in [2.05, 4.69) is 20.7 Å². The van der Waals surface area contributed by atoms with Crippen molar-refractivity contribution in [2.45, 2.75) is 37.8 Å². The molecule has 0 spiro atoms. The molecule has 4 N–H and O–H groups in total. The number of rotatable bonds is 4. The van der Waals surface area contributed by atoms with E-state index >= 15 is 0 Å². The third-order valence-electron chi connectivity index (χ3n) is 4.51. The molecular weight excluding hydrogens is 300 g/mol. The van der Waals surface area contributed by atoms with Crippen LogP contribution >= 0.6 is 0 Å². The summed E-state index contributed by atoms with van der Waals surface area (Å²) in [4.78, 5) is 4.55. The smallest absolute Gasteiger partial charge is 0.247 e. The lowest BCUT2D eigenvalue weighted by Crippen LogP contribution is -2.33. The van der Waals surface area contributed by atoms with Gasteiger partial charge in [-0.1, -0.05) is 24.3 Å². The van der Waals surface area contributed by atoms with Crippen LogP contribution in [0, 0.1) is 0 Å². The van der Waals surface area contributed by atoms with Gasteiger partial charge in [0.2, 0.25) is 5.95 Å². The third kappa shape index (κ3) is 3.19. The van der Waals surface area contributed by atoms with E-state index in [-0.39, 0.29) is 0 Å². The molecule has 124 valence electrons. The molecule has 24 heavy (non-hydrogen) atoms. The van der Waals surface area contributed by atoms with Gasteiger partial charge in [0.05, 0.1) is 0 Å². The monoisotopic (exact) mass is 322 g/mol. The molecule has 4 rings (SSSR count). The standard InChI is InChI=1S/C18H22N6/c19-13-9-11-15(12-10-13)20-16-7-4-8-17-22-18(23-24(16)17)21-14-5-2-1-3-6-14/h1-8,13,15,20H,9-12,19H2,(H,21,23). The molecule has 0 bridgehead atoms. The number of hydrogen-bond acceptors (Lipinski definition) is 5. The Bertz CT molecular complexity index is 805. The zero-order valence-electron chi connectivity index (χ0n) is 13.5. The Labute approximate surface area is 141 Å². The second kappa shape index (κ2) is 6.49. The van der Waals surface area contributed by atoms with Crippen molar-refractivity contribution in [2.75, 3.05) is 10.6 Å². The Morgan fingerprint density at radius 1 is 0.958 bits per heavy atom. The molecule has 0 aliphatic heterocycles. The fourth-order valence-electron chi connectivity index (χ4n) is 3.19. The van der Waals surface area contributed by atoms with Crippen molar-refractivity contribution in [3.05, 3.63) is 48.5 Å². The fourth-order valence-corrected chi connectivity index (χ4v) is 3.19. The first-order valence-corrected chi connectivity index (χ1v) is 8.48. The van der Waals surface area contributed by atoms with E-state index in [9.17, 15) is 0 Å². The van der Waals surface area contributed by atoms with Crippen LogP contribution in [0.1, 0.15) is 25.7 Å². The number of anilines is 3. The van der Waals surface area contributed by atoms with Crippen molar-refractivity contribution >= 4 is 23.1 Å². The molecule has 2 heterocycles. The van der Waals surface area contributed by atoms with Gasteiger partial charge in [0.1, 0.15) is 5.82 Å². The van der Waals surface area contributed by atoms with Gasteiger partial charge in [-0.2, -0.15) is 9.50 Å². The summed E-state index contributed by atoms with van der Waals surface area (Å²) in [5.74, 6) is 1.57. The highest BCUT2D eigenvalue weighted by Crippen LogP contribution is 2.22. The molecular formula is C18H22N6. The molecule has 1 aliphatic carbocycles. The van der Waals surface area contributed by atoms with Crippen molar-refractivity contribution in [3.63, 3.8) is 0 Å². The zero-order chi connectivity index (χ0) is 16.4. The second-order valence-corrected chi connectivity index (χ2v) is 6.36. The van der Waals surface area contributed by atoms with E-state index < -0.39 is 0 Å². The topological polar surface area (TPSA) is 80.3 Å². The Morgan fingerprint density at radius 2 is 1.75 bits per heavy atom. The molecule has 3 aromatic rings. The number of benzene rings is 1. The SMILES string of the molecule is NC1CCC(Nc2cccc3nc(Nc4ccccc4)nn23)CC1. The van der Waals surface area contributed by atoms with Gasteiger partial charge in [0.25, 0.3) is 0 Å². The van der Waals surface area contributed by atoms with Crippen LogP contribution in [-0.2, 0) is 0 Å². The predicted octanol–water partition coefficient (Wildman–Crippen LogP) is 3.15. The summed E-state index contributed by atoms with van der Waals surface area (Å²) in [6.45, 7) is 0. The Balaban J connectivity index is 1.56. The normalized spacial score (nSPS) is 20.9. The molecule has 2 aromatic heterocycles. The van der Waals surface area contributed by atoms with Crippen LogP contribution < -0.4 is 16.4 Å². The van der Waals surface area contributed by atoms with Crippen LogP contribution in [0.4, 0.5) is 17.5 Å². The highest BCUT2D eigenvalue weighted by atomic mass is 15.4. The summed E-state index contributed by atoms with van der Waals surface area (Å²) in [7, 11) is 0. The van der Waals surface area contributed by atoms with Gasteiger partial charge in [0.15, 0.2) is 5.65 Å². The second-order valence-electron chi connectivity index (χ2n) is 6.36. The van der Waals surface area contributed by atoms with Gasteiger partial charge >= 0.3 is 0 Å². The van der Waals surface area contributed by atoms with E-state index in [1.54, 1.807) is 0 Å². The minimum Gasteiger partial charge on any atom is -0.367 e. The zero-order valence-corrected chi connectivity index (χ0v) is 13.5. The molecule has 0 radical (unpaired) electrons. The van der Waals surface area contributed by atoms with Crippen LogP contribution in [-0.4, -0.2) is 26.7 Å². The summed E-state index contributed by atoms with van der Waals surface area (Å²) >= 11 is 0. The molecule has 1 aliphatic rings. The summed E-state index contributed by atoms with van der Waals surface area (Å²) in [6, 6.07) is 16.8. The highest BCUT2D eigenvalue weighted by Gasteiger charge is 2.19. The van der Waals surface area contributed by atoms with E-state index in [1.807, 2.05) is 53.0 Å². The summed E-state index contributed by atoms with van der Waals surface area (Å²) < 4.78 is 1.86. The fraction of sp³-hybridized carbons (Fsp3) is 0.333. The van der Waals surface area contributed by atoms with Crippen LogP contribution in [0.5, 0.6) is 0 Å².